The summed E-state index contributed by atoms with van der Waals surface area (Å²) < 4.78 is 5.99. The van der Waals surface area contributed by atoms with E-state index in [1.165, 1.54) is 5.56 Å². The Morgan fingerprint density at radius 1 is 0.895 bits per heavy atom. The standard InChI is InChI=1S/C17H15NO/c1-12-7-9-14(10-8-12)19-17-11-13(2)18-16-6-4-3-5-15(16)17/h3-11H,1-2H3. The topological polar surface area (TPSA) is 22.1 Å². The lowest BCUT2D eigenvalue weighted by molar-refractivity contribution is 0.487. The Balaban J connectivity index is 2.07. The zero-order valence-electron chi connectivity index (χ0n) is 11.1. The first-order valence-electron chi connectivity index (χ1n) is 6.33. The molecule has 3 rings (SSSR count). The minimum absolute atomic E-state index is 0.848. The number of para-hydroxylation sites is 1. The van der Waals surface area contributed by atoms with Crippen LogP contribution in [0.5, 0.6) is 11.5 Å². The number of hydrogen-bond acceptors (Lipinski definition) is 2. The number of nitrogens with zero attached hydrogens (tertiary/aromatic N) is 1. The van der Waals surface area contributed by atoms with Gasteiger partial charge in [-0.15, -0.1) is 0 Å². The van der Waals surface area contributed by atoms with Gasteiger partial charge < -0.3 is 4.74 Å². The molecule has 0 aliphatic heterocycles. The highest BCUT2D eigenvalue weighted by atomic mass is 16.5. The molecule has 0 aliphatic rings. The molecule has 0 fully saturated rings. The van der Waals surface area contributed by atoms with Crippen LogP contribution in [0.3, 0.4) is 0 Å². The van der Waals surface area contributed by atoms with Crippen LogP contribution in [0.2, 0.25) is 0 Å². The van der Waals surface area contributed by atoms with E-state index >= 15 is 0 Å². The second kappa shape index (κ2) is 4.73. The molecule has 19 heavy (non-hydrogen) atoms. The molecular formula is C17H15NO. The Morgan fingerprint density at radius 3 is 2.42 bits per heavy atom. The van der Waals surface area contributed by atoms with Crippen molar-refractivity contribution in [3.63, 3.8) is 0 Å². The quantitative estimate of drug-likeness (QED) is 0.659. The van der Waals surface area contributed by atoms with E-state index in [9.17, 15) is 0 Å². The summed E-state index contributed by atoms with van der Waals surface area (Å²) in [5.74, 6) is 1.70. The normalized spacial score (nSPS) is 10.6. The molecule has 94 valence electrons. The lowest BCUT2D eigenvalue weighted by Gasteiger charge is -2.10. The van der Waals surface area contributed by atoms with Gasteiger partial charge in [0.2, 0.25) is 0 Å². The minimum atomic E-state index is 0.848. The van der Waals surface area contributed by atoms with Crippen LogP contribution in [0.4, 0.5) is 0 Å². The third kappa shape index (κ3) is 2.43. The molecule has 3 aromatic rings. The number of aryl methyl sites for hydroxylation is 2. The average molecular weight is 249 g/mol. The molecule has 0 saturated heterocycles. The Labute approximate surface area is 112 Å². The monoisotopic (exact) mass is 249 g/mol. The number of aromatic nitrogens is 1. The fourth-order valence-corrected chi connectivity index (χ4v) is 2.09. The van der Waals surface area contributed by atoms with Crippen LogP contribution in [-0.2, 0) is 0 Å². The van der Waals surface area contributed by atoms with Crippen LogP contribution in [0.15, 0.2) is 54.6 Å². The van der Waals surface area contributed by atoms with Crippen molar-refractivity contribution in [2.75, 3.05) is 0 Å². The highest BCUT2D eigenvalue weighted by Gasteiger charge is 2.05. The summed E-state index contributed by atoms with van der Waals surface area (Å²) in [5, 5.41) is 1.04. The van der Waals surface area contributed by atoms with Gasteiger partial charge in [0.1, 0.15) is 11.5 Å². The van der Waals surface area contributed by atoms with Crippen LogP contribution in [0.25, 0.3) is 10.9 Å². The number of hydrogen-bond donors (Lipinski definition) is 0. The first-order valence-corrected chi connectivity index (χ1v) is 6.33. The molecule has 0 amide bonds. The number of ether oxygens (including phenoxy) is 1. The fraction of sp³-hybridized carbons (Fsp3) is 0.118. The van der Waals surface area contributed by atoms with Crippen LogP contribution in [0.1, 0.15) is 11.3 Å². The van der Waals surface area contributed by atoms with Crippen molar-refractivity contribution in [1.29, 1.82) is 0 Å². The van der Waals surface area contributed by atoms with Crippen molar-refractivity contribution in [1.82, 2.24) is 4.98 Å². The van der Waals surface area contributed by atoms with Gasteiger partial charge in [0, 0.05) is 17.1 Å². The van der Waals surface area contributed by atoms with E-state index in [1.807, 2.05) is 61.5 Å². The van der Waals surface area contributed by atoms with Gasteiger partial charge in [0.15, 0.2) is 0 Å². The van der Waals surface area contributed by atoms with Crippen LogP contribution < -0.4 is 4.74 Å². The highest BCUT2D eigenvalue weighted by molar-refractivity contribution is 5.85. The van der Waals surface area contributed by atoms with Crippen LogP contribution in [0, 0.1) is 13.8 Å². The van der Waals surface area contributed by atoms with Crippen LogP contribution in [-0.4, -0.2) is 4.98 Å². The molecule has 2 heteroatoms. The molecule has 0 N–H and O–H groups in total. The summed E-state index contributed by atoms with van der Waals surface area (Å²) in [6.45, 7) is 4.05. The van der Waals surface area contributed by atoms with Crippen molar-refractivity contribution in [3.05, 3.63) is 65.9 Å². The van der Waals surface area contributed by atoms with Crippen molar-refractivity contribution >= 4 is 10.9 Å². The fourth-order valence-electron chi connectivity index (χ4n) is 2.09. The molecule has 1 heterocycles. The first-order chi connectivity index (χ1) is 9.22. The molecular weight excluding hydrogens is 234 g/mol. The molecule has 0 atom stereocenters. The third-order valence-corrected chi connectivity index (χ3v) is 3.06. The summed E-state index contributed by atoms with van der Waals surface area (Å²) >= 11 is 0. The first kappa shape index (κ1) is 11.7. The summed E-state index contributed by atoms with van der Waals surface area (Å²) in [7, 11) is 0. The molecule has 0 unspecified atom stereocenters. The maximum atomic E-state index is 5.99. The molecule has 0 aliphatic carbocycles. The Hall–Kier alpha value is -2.35. The second-order valence-electron chi connectivity index (χ2n) is 4.69. The van der Waals surface area contributed by atoms with E-state index < -0.39 is 0 Å². The SMILES string of the molecule is Cc1ccc(Oc2cc(C)nc3ccccc23)cc1. The van der Waals surface area contributed by atoms with E-state index in [0.29, 0.717) is 0 Å². The molecule has 0 saturated carbocycles. The lowest BCUT2D eigenvalue weighted by Crippen LogP contribution is -1.90. The van der Waals surface area contributed by atoms with E-state index in [1.54, 1.807) is 0 Å². The number of benzene rings is 2. The Morgan fingerprint density at radius 2 is 1.63 bits per heavy atom. The maximum absolute atomic E-state index is 5.99. The predicted octanol–water partition coefficient (Wildman–Crippen LogP) is 4.64. The predicted molar refractivity (Wildman–Crippen MR) is 77.7 cm³/mol. The van der Waals surface area contributed by atoms with E-state index in [-0.39, 0.29) is 0 Å². The van der Waals surface area contributed by atoms with E-state index in [0.717, 1.165) is 28.1 Å². The Kier molecular flexibility index (Phi) is 2.92. The molecule has 2 aromatic carbocycles. The van der Waals surface area contributed by atoms with Crippen LogP contribution >= 0.6 is 0 Å². The smallest absolute Gasteiger partial charge is 0.138 e. The molecule has 0 radical (unpaired) electrons. The number of fused-ring (bicyclic) bond motifs is 1. The molecule has 0 bridgehead atoms. The summed E-state index contributed by atoms with van der Waals surface area (Å²) in [6.07, 6.45) is 0. The van der Waals surface area contributed by atoms with E-state index in [4.69, 9.17) is 4.74 Å². The van der Waals surface area contributed by atoms with Gasteiger partial charge in [0.05, 0.1) is 5.52 Å². The largest absolute Gasteiger partial charge is 0.457 e. The summed E-state index contributed by atoms with van der Waals surface area (Å²) in [5.41, 5.74) is 3.15. The summed E-state index contributed by atoms with van der Waals surface area (Å²) in [6, 6.07) is 18.1. The number of pyridine rings is 1. The van der Waals surface area contributed by atoms with Gasteiger partial charge in [-0.25, -0.2) is 0 Å². The summed E-state index contributed by atoms with van der Waals surface area (Å²) in [4.78, 5) is 4.51. The zero-order valence-corrected chi connectivity index (χ0v) is 11.1. The third-order valence-electron chi connectivity index (χ3n) is 3.06. The van der Waals surface area contributed by atoms with Gasteiger partial charge in [-0.2, -0.15) is 0 Å². The lowest BCUT2D eigenvalue weighted by atomic mass is 10.2. The average Bonchev–Trinajstić information content (AvgIpc) is 2.41. The van der Waals surface area contributed by atoms with Gasteiger partial charge in [-0.1, -0.05) is 29.8 Å². The second-order valence-corrected chi connectivity index (χ2v) is 4.69. The maximum Gasteiger partial charge on any atom is 0.138 e. The molecule has 2 nitrogen and oxygen atoms in total. The van der Waals surface area contributed by atoms with Gasteiger partial charge in [0.25, 0.3) is 0 Å². The Bertz CT molecular complexity index is 717. The number of rotatable bonds is 2. The van der Waals surface area contributed by atoms with Crippen molar-refractivity contribution < 1.29 is 4.74 Å². The molecule has 1 aromatic heterocycles. The zero-order chi connectivity index (χ0) is 13.2. The van der Waals surface area contributed by atoms with Crippen molar-refractivity contribution in [3.8, 4) is 11.5 Å². The minimum Gasteiger partial charge on any atom is -0.457 e. The van der Waals surface area contributed by atoms with Gasteiger partial charge in [-0.05, 0) is 38.1 Å². The molecule has 0 spiro atoms. The van der Waals surface area contributed by atoms with Gasteiger partial charge in [-0.3, -0.25) is 4.98 Å². The van der Waals surface area contributed by atoms with E-state index in [2.05, 4.69) is 11.9 Å². The highest BCUT2D eigenvalue weighted by Crippen LogP contribution is 2.29. The van der Waals surface area contributed by atoms with Crippen molar-refractivity contribution in [2.45, 2.75) is 13.8 Å². The van der Waals surface area contributed by atoms with Gasteiger partial charge >= 0.3 is 0 Å². The van der Waals surface area contributed by atoms with Crippen molar-refractivity contribution in [2.24, 2.45) is 0 Å².